The van der Waals surface area contributed by atoms with Gasteiger partial charge in [-0.25, -0.2) is 4.39 Å². The van der Waals surface area contributed by atoms with Gasteiger partial charge in [0.25, 0.3) is 11.7 Å². The number of aliphatic hydroxyl groups is 1. The predicted octanol–water partition coefficient (Wildman–Crippen LogP) is 4.77. The normalized spacial score (nSPS) is 17.9. The van der Waals surface area contributed by atoms with Gasteiger partial charge in [-0.1, -0.05) is 24.3 Å². The molecule has 0 saturated carbocycles. The molecule has 3 aromatic carbocycles. The van der Waals surface area contributed by atoms with Crippen molar-refractivity contribution >= 4 is 23.1 Å². The SMILES string of the molecule is Cc1cccc(N2C(=O)C(=O)/C(=C(/O)c3ccc(F)cc3)C2c2ccc(O)cc2)c1C. The molecule has 1 unspecified atom stereocenters. The van der Waals surface area contributed by atoms with Crippen molar-refractivity contribution in [1.82, 2.24) is 0 Å². The Labute approximate surface area is 178 Å². The fourth-order valence-electron chi connectivity index (χ4n) is 3.81. The third kappa shape index (κ3) is 3.46. The van der Waals surface area contributed by atoms with Gasteiger partial charge < -0.3 is 10.2 Å². The number of nitrogens with zero attached hydrogens (tertiary/aromatic N) is 1. The van der Waals surface area contributed by atoms with Gasteiger partial charge in [0.05, 0.1) is 11.6 Å². The second-order valence-corrected chi connectivity index (χ2v) is 7.49. The number of aryl methyl sites for hydroxylation is 1. The molecule has 0 radical (unpaired) electrons. The third-order valence-corrected chi connectivity index (χ3v) is 5.61. The van der Waals surface area contributed by atoms with Gasteiger partial charge in [-0.2, -0.15) is 0 Å². The standard InChI is InChI=1S/C25H20FNO4/c1-14-4-3-5-20(15(14)2)27-22(16-8-12-19(28)13-9-16)21(24(30)25(27)31)23(29)17-6-10-18(26)11-7-17/h3-13,22,28-29H,1-2H3/b23-21+. The molecule has 31 heavy (non-hydrogen) atoms. The molecule has 0 spiro atoms. The van der Waals surface area contributed by atoms with Crippen LogP contribution in [-0.2, 0) is 9.59 Å². The predicted molar refractivity (Wildman–Crippen MR) is 115 cm³/mol. The van der Waals surface area contributed by atoms with Gasteiger partial charge in [-0.3, -0.25) is 14.5 Å². The molecule has 0 aliphatic carbocycles. The van der Waals surface area contributed by atoms with Crippen LogP contribution in [0.1, 0.15) is 28.3 Å². The Kier molecular flexibility index (Phi) is 5.07. The summed E-state index contributed by atoms with van der Waals surface area (Å²) < 4.78 is 13.4. The Bertz CT molecular complexity index is 1210. The molecule has 1 fully saturated rings. The summed E-state index contributed by atoms with van der Waals surface area (Å²) in [5.41, 5.74) is 3.00. The zero-order valence-corrected chi connectivity index (χ0v) is 17.0. The molecule has 1 atom stereocenters. The van der Waals surface area contributed by atoms with Crippen molar-refractivity contribution in [2.75, 3.05) is 4.90 Å². The van der Waals surface area contributed by atoms with Gasteiger partial charge in [0, 0.05) is 11.3 Å². The topological polar surface area (TPSA) is 77.8 Å². The van der Waals surface area contributed by atoms with E-state index in [0.29, 0.717) is 11.3 Å². The number of ketones is 1. The number of hydrogen-bond acceptors (Lipinski definition) is 4. The zero-order chi connectivity index (χ0) is 22.3. The number of aromatic hydroxyl groups is 1. The van der Waals surface area contributed by atoms with Crippen molar-refractivity contribution in [2.24, 2.45) is 0 Å². The summed E-state index contributed by atoms with van der Waals surface area (Å²) in [5.74, 6) is -2.44. The number of aliphatic hydroxyl groups excluding tert-OH is 1. The number of carbonyl (C=O) groups excluding carboxylic acids is 2. The van der Waals surface area contributed by atoms with Crippen LogP contribution in [0, 0.1) is 19.7 Å². The van der Waals surface area contributed by atoms with Crippen LogP contribution < -0.4 is 4.90 Å². The van der Waals surface area contributed by atoms with Crippen molar-refractivity contribution < 1.29 is 24.2 Å². The highest BCUT2D eigenvalue weighted by atomic mass is 19.1. The van der Waals surface area contributed by atoms with E-state index in [1.165, 1.54) is 41.3 Å². The Morgan fingerprint density at radius 3 is 2.23 bits per heavy atom. The maximum absolute atomic E-state index is 13.4. The second kappa shape index (κ2) is 7.72. The molecule has 3 aromatic rings. The van der Waals surface area contributed by atoms with Gasteiger partial charge in [0.15, 0.2) is 0 Å². The quantitative estimate of drug-likeness (QED) is 0.365. The summed E-state index contributed by atoms with van der Waals surface area (Å²) in [6, 6.07) is 15.7. The number of Topliss-reactive ketones (excluding diaryl/α,β-unsaturated/α-hetero) is 1. The summed E-state index contributed by atoms with van der Waals surface area (Å²) >= 11 is 0. The van der Waals surface area contributed by atoms with Crippen molar-refractivity contribution in [1.29, 1.82) is 0 Å². The van der Waals surface area contributed by atoms with Gasteiger partial charge in [-0.15, -0.1) is 0 Å². The molecule has 1 amide bonds. The molecule has 1 saturated heterocycles. The number of amides is 1. The molecule has 1 aliphatic rings. The van der Waals surface area contributed by atoms with Gasteiger partial charge >= 0.3 is 0 Å². The number of phenolic OH excluding ortho intramolecular Hbond substituents is 1. The average Bonchev–Trinajstić information content (AvgIpc) is 3.01. The largest absolute Gasteiger partial charge is 0.508 e. The van der Waals surface area contributed by atoms with Gasteiger partial charge in [-0.05, 0) is 73.0 Å². The van der Waals surface area contributed by atoms with Crippen molar-refractivity contribution in [3.63, 3.8) is 0 Å². The molecular weight excluding hydrogens is 397 g/mol. The molecule has 0 bridgehead atoms. The van der Waals surface area contributed by atoms with E-state index in [9.17, 15) is 24.2 Å². The summed E-state index contributed by atoms with van der Waals surface area (Å²) in [4.78, 5) is 27.6. The molecular formula is C25H20FNO4. The van der Waals surface area contributed by atoms with Crippen LogP contribution >= 0.6 is 0 Å². The third-order valence-electron chi connectivity index (χ3n) is 5.61. The monoisotopic (exact) mass is 417 g/mol. The molecule has 6 heteroatoms. The van der Waals surface area contributed by atoms with E-state index < -0.39 is 23.5 Å². The zero-order valence-electron chi connectivity index (χ0n) is 17.0. The fraction of sp³-hybridized carbons (Fsp3) is 0.120. The number of phenols is 1. The Hall–Kier alpha value is -3.93. The Balaban J connectivity index is 1.98. The van der Waals surface area contributed by atoms with Gasteiger partial charge in [0.2, 0.25) is 0 Å². The molecule has 5 nitrogen and oxygen atoms in total. The van der Waals surface area contributed by atoms with Crippen LogP contribution in [0.3, 0.4) is 0 Å². The Morgan fingerprint density at radius 1 is 0.935 bits per heavy atom. The van der Waals surface area contributed by atoms with E-state index in [4.69, 9.17) is 0 Å². The van der Waals surface area contributed by atoms with E-state index in [1.54, 1.807) is 24.3 Å². The minimum absolute atomic E-state index is 0.0333. The summed E-state index contributed by atoms with van der Waals surface area (Å²) in [6.45, 7) is 3.77. The smallest absolute Gasteiger partial charge is 0.300 e. The minimum atomic E-state index is -0.911. The number of halogens is 1. The number of anilines is 1. The van der Waals surface area contributed by atoms with E-state index in [2.05, 4.69) is 0 Å². The first-order valence-electron chi connectivity index (χ1n) is 9.71. The first-order chi connectivity index (χ1) is 14.8. The van der Waals surface area contributed by atoms with E-state index >= 15 is 0 Å². The number of rotatable bonds is 3. The highest BCUT2D eigenvalue weighted by molar-refractivity contribution is 6.51. The van der Waals surface area contributed by atoms with Gasteiger partial charge in [0.1, 0.15) is 17.3 Å². The summed E-state index contributed by atoms with van der Waals surface area (Å²) in [7, 11) is 0. The number of hydrogen-bond donors (Lipinski definition) is 2. The lowest BCUT2D eigenvalue weighted by molar-refractivity contribution is -0.132. The van der Waals surface area contributed by atoms with E-state index in [-0.39, 0.29) is 22.6 Å². The van der Waals surface area contributed by atoms with Crippen LogP contribution in [0.2, 0.25) is 0 Å². The average molecular weight is 417 g/mol. The summed E-state index contributed by atoms with van der Waals surface area (Å²) in [6.07, 6.45) is 0. The fourth-order valence-corrected chi connectivity index (χ4v) is 3.81. The van der Waals surface area contributed by atoms with Crippen LogP contribution in [0.4, 0.5) is 10.1 Å². The summed E-state index contributed by atoms with van der Waals surface area (Å²) in [5, 5.41) is 20.7. The van der Waals surface area contributed by atoms with Crippen molar-refractivity contribution in [3.05, 3.63) is 100 Å². The Morgan fingerprint density at radius 2 is 1.58 bits per heavy atom. The molecule has 1 heterocycles. The lowest BCUT2D eigenvalue weighted by atomic mass is 9.94. The van der Waals surface area contributed by atoms with Crippen LogP contribution in [-0.4, -0.2) is 21.9 Å². The maximum Gasteiger partial charge on any atom is 0.300 e. The lowest BCUT2D eigenvalue weighted by Gasteiger charge is -2.27. The molecule has 1 aliphatic heterocycles. The highest BCUT2D eigenvalue weighted by Gasteiger charge is 2.47. The van der Waals surface area contributed by atoms with Crippen LogP contribution in [0.15, 0.2) is 72.3 Å². The van der Waals surface area contributed by atoms with Crippen molar-refractivity contribution in [3.8, 4) is 5.75 Å². The first-order valence-corrected chi connectivity index (χ1v) is 9.71. The number of carbonyl (C=O) groups is 2. The van der Waals surface area contributed by atoms with Crippen molar-refractivity contribution in [2.45, 2.75) is 19.9 Å². The highest BCUT2D eigenvalue weighted by Crippen LogP contribution is 2.43. The lowest BCUT2D eigenvalue weighted by Crippen LogP contribution is -2.30. The van der Waals surface area contributed by atoms with E-state index in [0.717, 1.165) is 11.1 Å². The van der Waals surface area contributed by atoms with Crippen LogP contribution in [0.5, 0.6) is 5.75 Å². The first kappa shape index (κ1) is 20.3. The number of benzene rings is 3. The molecule has 0 aromatic heterocycles. The van der Waals surface area contributed by atoms with E-state index in [1.807, 2.05) is 19.9 Å². The maximum atomic E-state index is 13.4. The minimum Gasteiger partial charge on any atom is -0.508 e. The second-order valence-electron chi connectivity index (χ2n) is 7.49. The molecule has 2 N–H and O–H groups in total. The molecule has 156 valence electrons. The molecule has 4 rings (SSSR count). The van der Waals surface area contributed by atoms with Crippen LogP contribution in [0.25, 0.3) is 5.76 Å².